The number of nitrogen functional groups attached to an aromatic ring is 1. The number of benzene rings is 1. The maximum atomic E-state index is 10.2. The summed E-state index contributed by atoms with van der Waals surface area (Å²) in [6.07, 6.45) is -0.608. The molecule has 1 aromatic carbocycles. The SMILES string of the molecule is Cc1ccccc1OCC(O)CNC(C)(C)CNc1ccc(NN)nn1.Cl. The minimum Gasteiger partial charge on any atom is -0.491 e. The van der Waals surface area contributed by atoms with Crippen molar-refractivity contribution in [2.75, 3.05) is 30.4 Å². The molecule has 27 heavy (non-hydrogen) atoms. The van der Waals surface area contributed by atoms with E-state index in [-0.39, 0.29) is 24.6 Å². The predicted octanol–water partition coefficient (Wildman–Crippen LogP) is 1.71. The summed E-state index contributed by atoms with van der Waals surface area (Å²) in [6, 6.07) is 11.3. The Labute approximate surface area is 166 Å². The van der Waals surface area contributed by atoms with E-state index in [2.05, 4.69) is 26.3 Å². The van der Waals surface area contributed by atoms with Crippen LogP contribution in [0, 0.1) is 6.92 Å². The molecule has 1 atom stereocenters. The zero-order chi connectivity index (χ0) is 19.0. The van der Waals surface area contributed by atoms with E-state index in [1.165, 1.54) is 0 Å². The van der Waals surface area contributed by atoms with Crippen molar-refractivity contribution in [1.29, 1.82) is 0 Å². The molecule has 0 saturated heterocycles. The van der Waals surface area contributed by atoms with Crippen molar-refractivity contribution in [3.05, 3.63) is 42.0 Å². The largest absolute Gasteiger partial charge is 0.491 e. The van der Waals surface area contributed by atoms with Crippen molar-refractivity contribution < 1.29 is 9.84 Å². The first kappa shape index (κ1) is 22.9. The van der Waals surface area contributed by atoms with Crippen molar-refractivity contribution in [3.63, 3.8) is 0 Å². The molecule has 0 aliphatic rings. The van der Waals surface area contributed by atoms with Crippen LogP contribution in [-0.4, -0.2) is 46.6 Å². The zero-order valence-corrected chi connectivity index (χ0v) is 16.7. The molecule has 6 N–H and O–H groups in total. The molecular formula is C18H29ClN6O2. The molecule has 0 amide bonds. The molecule has 0 aliphatic heterocycles. The van der Waals surface area contributed by atoms with E-state index in [1.54, 1.807) is 12.1 Å². The number of rotatable bonds is 10. The summed E-state index contributed by atoms with van der Waals surface area (Å²) < 4.78 is 5.67. The first-order chi connectivity index (χ1) is 12.4. The zero-order valence-electron chi connectivity index (χ0n) is 15.9. The number of β-amino-alcohol motifs (C(OH)–C–C–N with tert-alkyl or cyclic N) is 1. The number of anilines is 2. The summed E-state index contributed by atoms with van der Waals surface area (Å²) in [5.74, 6) is 7.22. The normalized spacial score (nSPS) is 12.0. The Morgan fingerprint density at radius 2 is 1.81 bits per heavy atom. The van der Waals surface area contributed by atoms with Crippen LogP contribution in [0.3, 0.4) is 0 Å². The van der Waals surface area contributed by atoms with Crippen LogP contribution in [0.5, 0.6) is 5.75 Å². The van der Waals surface area contributed by atoms with Gasteiger partial charge in [-0.2, -0.15) is 0 Å². The van der Waals surface area contributed by atoms with E-state index in [9.17, 15) is 5.11 Å². The number of halogens is 1. The van der Waals surface area contributed by atoms with Crippen molar-refractivity contribution in [3.8, 4) is 5.75 Å². The van der Waals surface area contributed by atoms with Crippen LogP contribution in [0.15, 0.2) is 36.4 Å². The molecule has 150 valence electrons. The number of aliphatic hydroxyl groups excluding tert-OH is 1. The Morgan fingerprint density at radius 1 is 1.15 bits per heavy atom. The number of aryl methyl sites for hydroxylation is 1. The van der Waals surface area contributed by atoms with Crippen LogP contribution < -0.4 is 26.6 Å². The van der Waals surface area contributed by atoms with Gasteiger partial charge in [0.25, 0.3) is 0 Å². The van der Waals surface area contributed by atoms with Crippen LogP contribution in [0.1, 0.15) is 19.4 Å². The number of para-hydroxylation sites is 1. The quantitative estimate of drug-likeness (QED) is 0.304. The highest BCUT2D eigenvalue weighted by molar-refractivity contribution is 5.85. The number of hydrogen-bond donors (Lipinski definition) is 5. The number of hydrogen-bond acceptors (Lipinski definition) is 8. The summed E-state index contributed by atoms with van der Waals surface area (Å²) in [6.45, 7) is 7.33. The molecule has 1 heterocycles. The third kappa shape index (κ3) is 7.96. The molecule has 2 aromatic rings. The summed E-state index contributed by atoms with van der Waals surface area (Å²) in [4.78, 5) is 0. The van der Waals surface area contributed by atoms with Crippen LogP contribution >= 0.6 is 12.4 Å². The maximum Gasteiger partial charge on any atom is 0.162 e. The minimum absolute atomic E-state index is 0. The Hall–Kier alpha value is -2.13. The number of aliphatic hydroxyl groups is 1. The molecule has 1 aromatic heterocycles. The van der Waals surface area contributed by atoms with E-state index in [0.29, 0.717) is 24.7 Å². The van der Waals surface area contributed by atoms with E-state index < -0.39 is 6.10 Å². The lowest BCUT2D eigenvalue weighted by atomic mass is 10.1. The van der Waals surface area contributed by atoms with E-state index in [0.717, 1.165) is 11.3 Å². The maximum absolute atomic E-state index is 10.2. The van der Waals surface area contributed by atoms with Gasteiger partial charge in [0.1, 0.15) is 24.3 Å². The van der Waals surface area contributed by atoms with Crippen LogP contribution in [-0.2, 0) is 0 Å². The molecule has 1 unspecified atom stereocenters. The monoisotopic (exact) mass is 396 g/mol. The Kier molecular flexibility index (Phi) is 9.23. The number of ether oxygens (including phenoxy) is 1. The number of hydrazine groups is 1. The van der Waals surface area contributed by atoms with Gasteiger partial charge in [-0.3, -0.25) is 0 Å². The molecule has 0 fully saturated rings. The summed E-state index contributed by atoms with van der Waals surface area (Å²) >= 11 is 0. The van der Waals surface area contributed by atoms with Crippen LogP contribution in [0.2, 0.25) is 0 Å². The lowest BCUT2D eigenvalue weighted by molar-refractivity contribution is 0.0993. The molecule has 0 spiro atoms. The molecule has 0 aliphatic carbocycles. The molecule has 8 nitrogen and oxygen atoms in total. The van der Waals surface area contributed by atoms with Crippen molar-refractivity contribution in [1.82, 2.24) is 15.5 Å². The van der Waals surface area contributed by atoms with Crippen LogP contribution in [0.4, 0.5) is 11.6 Å². The van der Waals surface area contributed by atoms with Gasteiger partial charge in [-0.05, 0) is 44.5 Å². The second-order valence-corrected chi connectivity index (χ2v) is 6.80. The molecule has 0 radical (unpaired) electrons. The minimum atomic E-state index is -0.608. The lowest BCUT2D eigenvalue weighted by Gasteiger charge is -2.28. The number of nitrogens with zero attached hydrogens (tertiary/aromatic N) is 2. The smallest absolute Gasteiger partial charge is 0.162 e. The number of nitrogens with two attached hydrogens (primary N) is 1. The fraction of sp³-hybridized carbons (Fsp3) is 0.444. The highest BCUT2D eigenvalue weighted by Gasteiger charge is 2.19. The number of aromatic nitrogens is 2. The van der Waals surface area contributed by atoms with Gasteiger partial charge in [0.2, 0.25) is 0 Å². The fourth-order valence-electron chi connectivity index (χ4n) is 2.23. The lowest BCUT2D eigenvalue weighted by Crippen LogP contribution is -2.49. The van der Waals surface area contributed by atoms with Crippen molar-refractivity contribution in [2.24, 2.45) is 5.84 Å². The highest BCUT2D eigenvalue weighted by atomic mass is 35.5. The van der Waals surface area contributed by atoms with E-state index in [4.69, 9.17) is 10.6 Å². The van der Waals surface area contributed by atoms with E-state index >= 15 is 0 Å². The van der Waals surface area contributed by atoms with Gasteiger partial charge in [0.05, 0.1) is 0 Å². The first-order valence-electron chi connectivity index (χ1n) is 8.55. The molecular weight excluding hydrogens is 368 g/mol. The first-order valence-corrected chi connectivity index (χ1v) is 8.55. The van der Waals surface area contributed by atoms with E-state index in [1.807, 2.05) is 45.0 Å². The van der Waals surface area contributed by atoms with Gasteiger partial charge in [-0.15, -0.1) is 22.6 Å². The van der Waals surface area contributed by atoms with Crippen molar-refractivity contribution >= 4 is 24.0 Å². The Balaban J connectivity index is 0.00000364. The topological polar surface area (TPSA) is 117 Å². The summed E-state index contributed by atoms with van der Waals surface area (Å²) in [7, 11) is 0. The van der Waals surface area contributed by atoms with Crippen LogP contribution in [0.25, 0.3) is 0 Å². The average molecular weight is 397 g/mol. The second-order valence-electron chi connectivity index (χ2n) is 6.80. The predicted molar refractivity (Wildman–Crippen MR) is 110 cm³/mol. The average Bonchev–Trinajstić information content (AvgIpc) is 2.65. The van der Waals surface area contributed by atoms with Gasteiger partial charge in [0, 0.05) is 18.6 Å². The van der Waals surface area contributed by atoms with Gasteiger partial charge >= 0.3 is 0 Å². The summed E-state index contributed by atoms with van der Waals surface area (Å²) in [5, 5.41) is 24.6. The molecule has 0 saturated carbocycles. The van der Waals surface area contributed by atoms with Gasteiger partial charge in [-0.1, -0.05) is 18.2 Å². The molecule has 2 rings (SSSR count). The summed E-state index contributed by atoms with van der Waals surface area (Å²) in [5.41, 5.74) is 3.23. The fourth-order valence-corrected chi connectivity index (χ4v) is 2.23. The van der Waals surface area contributed by atoms with Gasteiger partial charge in [-0.25, -0.2) is 5.84 Å². The highest BCUT2D eigenvalue weighted by Crippen LogP contribution is 2.16. The van der Waals surface area contributed by atoms with Gasteiger partial charge < -0.3 is 25.9 Å². The third-order valence-electron chi connectivity index (χ3n) is 3.86. The van der Waals surface area contributed by atoms with Crippen molar-refractivity contribution in [2.45, 2.75) is 32.4 Å². The third-order valence-corrected chi connectivity index (χ3v) is 3.86. The number of nitrogens with one attached hydrogen (secondary N) is 3. The van der Waals surface area contributed by atoms with Gasteiger partial charge in [0.15, 0.2) is 5.82 Å². The standard InChI is InChI=1S/C18H28N6O2.ClH/c1-13-6-4-5-7-15(13)26-11-14(25)10-21-18(2,3)12-20-16-8-9-17(22-19)24-23-16;/h4-9,14,21,25H,10-12,19H2,1-3H3,(H,20,23)(H,22,24);1H. The Morgan fingerprint density at radius 3 is 2.44 bits per heavy atom. The Bertz CT molecular complexity index is 684. The molecule has 0 bridgehead atoms. The second kappa shape index (κ2) is 10.9. The molecule has 9 heteroatoms.